The molecule has 4 aromatic carbocycles. The summed E-state index contributed by atoms with van der Waals surface area (Å²) in [6.07, 6.45) is 0. The van der Waals surface area contributed by atoms with Crippen molar-refractivity contribution < 1.29 is 30.7 Å². The Hall–Kier alpha value is -2.12. The third-order valence-electron chi connectivity index (χ3n) is 5.30. The minimum atomic E-state index is -0.935. The van der Waals surface area contributed by atoms with Crippen LogP contribution in [0.15, 0.2) is 113 Å². The summed E-state index contributed by atoms with van der Waals surface area (Å²) in [6.45, 7) is 2.18. The molecule has 0 fully saturated rings. The van der Waals surface area contributed by atoms with Crippen LogP contribution >= 0.6 is 11.8 Å². The van der Waals surface area contributed by atoms with E-state index < -0.39 is 5.79 Å². The van der Waals surface area contributed by atoms with Gasteiger partial charge < -0.3 is 0 Å². The second-order valence-electron chi connectivity index (χ2n) is 7.31. The van der Waals surface area contributed by atoms with E-state index in [0.29, 0.717) is 0 Å². The molecule has 0 radical (unpaired) electrons. The molecule has 4 aromatic rings. The molecule has 2 nitrogen and oxygen atoms in total. The monoisotopic (exact) mass is 553 g/mol. The van der Waals surface area contributed by atoms with Gasteiger partial charge in [0.25, 0.3) is 0 Å². The van der Waals surface area contributed by atoms with Crippen molar-refractivity contribution in [2.75, 3.05) is 14.2 Å². The Bertz CT molecular complexity index is 1140. The SMILES string of the molecule is COC(OC)(c1ccc(Sc2ccccc2)cc1)c1ccc([I-]c2ccccc2C)cc1. The van der Waals surface area contributed by atoms with Crippen molar-refractivity contribution in [3.05, 3.63) is 127 Å². The number of halogens is 1. The van der Waals surface area contributed by atoms with E-state index in [-0.39, 0.29) is 21.2 Å². The van der Waals surface area contributed by atoms with Crippen molar-refractivity contribution >= 4 is 11.8 Å². The Morgan fingerprint density at radius 3 is 1.75 bits per heavy atom. The van der Waals surface area contributed by atoms with Gasteiger partial charge in [-0.1, -0.05) is 18.2 Å². The van der Waals surface area contributed by atoms with Gasteiger partial charge in [-0.2, -0.15) is 0 Å². The third kappa shape index (κ3) is 5.09. The van der Waals surface area contributed by atoms with Gasteiger partial charge in [0.15, 0.2) is 0 Å². The first-order chi connectivity index (χ1) is 15.6. The zero-order valence-corrected chi connectivity index (χ0v) is 21.4. The standard InChI is InChI=1S/C28H26IO2S/c1-21-9-7-8-12-27(21)29-24-17-13-22(14-18-24)28(30-2,31-3)23-15-19-26(20-16-23)32-25-10-5-4-6-11-25/h4-20H,1-3H3/q-1. The van der Waals surface area contributed by atoms with Crippen molar-refractivity contribution in [2.45, 2.75) is 22.5 Å². The molecular formula is C28H26IO2S-. The van der Waals surface area contributed by atoms with Gasteiger partial charge in [-0.3, -0.25) is 0 Å². The summed E-state index contributed by atoms with van der Waals surface area (Å²) in [4.78, 5) is 2.40. The topological polar surface area (TPSA) is 18.5 Å². The Balaban J connectivity index is 1.57. The van der Waals surface area contributed by atoms with Crippen LogP contribution < -0.4 is 21.2 Å². The number of benzene rings is 4. The van der Waals surface area contributed by atoms with E-state index >= 15 is 0 Å². The summed E-state index contributed by atoms with van der Waals surface area (Å²) in [7, 11) is 3.40. The van der Waals surface area contributed by atoms with Gasteiger partial charge in [-0.05, 0) is 0 Å². The molecule has 0 aromatic heterocycles. The number of methoxy groups -OCH3 is 2. The average molecular weight is 553 g/mol. The van der Waals surface area contributed by atoms with Gasteiger partial charge in [0, 0.05) is 0 Å². The summed E-state index contributed by atoms with van der Waals surface area (Å²) in [6, 6.07) is 36.1. The minimum absolute atomic E-state index is 0.220. The van der Waals surface area contributed by atoms with E-state index in [2.05, 4.69) is 104 Å². The fourth-order valence-corrected chi connectivity index (χ4v) is 6.82. The number of aryl methyl sites for hydroxylation is 1. The Morgan fingerprint density at radius 1 is 0.625 bits per heavy atom. The Labute approximate surface area is 205 Å². The molecule has 4 rings (SSSR count). The molecule has 0 saturated carbocycles. The molecule has 0 amide bonds. The normalized spacial score (nSPS) is 11.6. The number of rotatable bonds is 8. The predicted molar refractivity (Wildman–Crippen MR) is 127 cm³/mol. The quantitative estimate of drug-likeness (QED) is 0.245. The van der Waals surface area contributed by atoms with Crippen molar-refractivity contribution in [1.29, 1.82) is 0 Å². The van der Waals surface area contributed by atoms with Gasteiger partial charge in [0.2, 0.25) is 0 Å². The molecule has 164 valence electrons. The van der Waals surface area contributed by atoms with Gasteiger partial charge in [0.1, 0.15) is 0 Å². The molecule has 4 heteroatoms. The van der Waals surface area contributed by atoms with Crippen molar-refractivity contribution in [3.8, 4) is 0 Å². The summed E-state index contributed by atoms with van der Waals surface area (Å²) in [5.41, 5.74) is 3.32. The van der Waals surface area contributed by atoms with Crippen molar-refractivity contribution in [2.24, 2.45) is 0 Å². The van der Waals surface area contributed by atoms with Crippen LogP contribution in [0.1, 0.15) is 16.7 Å². The van der Waals surface area contributed by atoms with Crippen LogP contribution in [0.5, 0.6) is 0 Å². The molecule has 0 atom stereocenters. The first-order valence-corrected chi connectivity index (χ1v) is 13.4. The zero-order chi connectivity index (χ0) is 22.4. The molecule has 0 spiro atoms. The fraction of sp³-hybridized carbons (Fsp3) is 0.143. The zero-order valence-electron chi connectivity index (χ0n) is 18.4. The van der Waals surface area contributed by atoms with Crippen LogP contribution in [0, 0.1) is 14.1 Å². The fourth-order valence-electron chi connectivity index (χ4n) is 3.60. The molecule has 0 aliphatic rings. The number of ether oxygens (including phenoxy) is 2. The van der Waals surface area contributed by atoms with Crippen molar-refractivity contribution in [1.82, 2.24) is 0 Å². The summed E-state index contributed by atoms with van der Waals surface area (Å²) in [5.74, 6) is -0.935. The van der Waals surface area contributed by atoms with E-state index in [0.717, 1.165) is 11.1 Å². The molecule has 0 bridgehead atoms. The van der Waals surface area contributed by atoms with E-state index in [9.17, 15) is 0 Å². The van der Waals surface area contributed by atoms with Crippen LogP contribution in [0.4, 0.5) is 0 Å². The maximum absolute atomic E-state index is 5.97. The van der Waals surface area contributed by atoms with Gasteiger partial charge in [-0.15, -0.1) is 0 Å². The van der Waals surface area contributed by atoms with E-state index in [1.807, 2.05) is 6.07 Å². The summed E-state index contributed by atoms with van der Waals surface area (Å²) < 4.78 is 14.8. The molecule has 0 unspecified atom stereocenters. The third-order valence-corrected chi connectivity index (χ3v) is 9.45. The Kier molecular flexibility index (Phi) is 7.68. The van der Waals surface area contributed by atoms with Crippen LogP contribution in [0.2, 0.25) is 0 Å². The number of hydrogen-bond acceptors (Lipinski definition) is 3. The summed E-state index contributed by atoms with van der Waals surface area (Å²) >= 11 is 1.52. The van der Waals surface area contributed by atoms with Gasteiger partial charge in [0.05, 0.1) is 0 Å². The van der Waals surface area contributed by atoms with Crippen LogP contribution in [0.3, 0.4) is 0 Å². The molecule has 0 aliphatic carbocycles. The molecule has 32 heavy (non-hydrogen) atoms. The predicted octanol–water partition coefficient (Wildman–Crippen LogP) is 3.77. The van der Waals surface area contributed by atoms with E-state index in [1.165, 1.54) is 22.5 Å². The van der Waals surface area contributed by atoms with Crippen LogP contribution in [0.25, 0.3) is 0 Å². The second kappa shape index (κ2) is 10.7. The molecule has 0 aliphatic heterocycles. The first kappa shape index (κ1) is 23.1. The van der Waals surface area contributed by atoms with Crippen LogP contribution in [-0.4, -0.2) is 14.2 Å². The van der Waals surface area contributed by atoms with E-state index in [4.69, 9.17) is 9.47 Å². The van der Waals surface area contributed by atoms with Crippen LogP contribution in [-0.2, 0) is 15.3 Å². The van der Waals surface area contributed by atoms with Gasteiger partial charge >= 0.3 is 188 Å². The molecule has 0 heterocycles. The maximum atomic E-state index is 5.97. The second-order valence-corrected chi connectivity index (χ2v) is 11.4. The number of hydrogen-bond donors (Lipinski definition) is 0. The van der Waals surface area contributed by atoms with E-state index in [1.54, 1.807) is 26.0 Å². The average Bonchev–Trinajstić information content (AvgIpc) is 2.84. The van der Waals surface area contributed by atoms with Gasteiger partial charge in [-0.25, -0.2) is 0 Å². The summed E-state index contributed by atoms with van der Waals surface area (Å²) in [5, 5.41) is 0. The van der Waals surface area contributed by atoms with Crippen molar-refractivity contribution in [3.63, 3.8) is 0 Å². The molecule has 0 N–H and O–H groups in total. The first-order valence-electron chi connectivity index (χ1n) is 10.4. The Morgan fingerprint density at radius 2 is 1.16 bits per heavy atom. The molecule has 0 saturated heterocycles. The molecular weight excluding hydrogens is 527 g/mol.